The van der Waals surface area contributed by atoms with E-state index >= 15 is 0 Å². The van der Waals surface area contributed by atoms with E-state index in [9.17, 15) is 9.59 Å². The molecule has 0 unspecified atom stereocenters. The molecule has 116 valence electrons. The maximum atomic E-state index is 11.9. The van der Waals surface area contributed by atoms with Gasteiger partial charge in [0, 0.05) is 9.77 Å². The molecule has 0 aliphatic carbocycles. The van der Waals surface area contributed by atoms with Gasteiger partial charge in [0.05, 0.1) is 12.3 Å². The Balaban J connectivity index is 1.70. The highest BCUT2D eigenvalue weighted by atomic mass is 32.2. The number of carbonyl (C=O) groups is 2. The number of amides is 1. The minimum absolute atomic E-state index is 0.187. The van der Waals surface area contributed by atoms with E-state index in [4.69, 9.17) is 4.74 Å². The van der Waals surface area contributed by atoms with Crippen LogP contribution in [0.1, 0.15) is 11.8 Å². The summed E-state index contributed by atoms with van der Waals surface area (Å²) in [5.41, 5.74) is 0. The van der Waals surface area contributed by atoms with Crippen LogP contribution in [0.2, 0.25) is 0 Å². The van der Waals surface area contributed by atoms with E-state index in [0.29, 0.717) is 6.54 Å². The van der Waals surface area contributed by atoms with Crippen LogP contribution < -0.4 is 5.32 Å². The lowest BCUT2D eigenvalue weighted by molar-refractivity contribution is -0.152. The first-order valence-electron chi connectivity index (χ1n) is 6.82. The third-order valence-corrected chi connectivity index (χ3v) is 4.66. The molecule has 4 nitrogen and oxygen atoms in total. The third-order valence-electron chi connectivity index (χ3n) is 2.79. The summed E-state index contributed by atoms with van der Waals surface area (Å²) in [4.78, 5) is 25.7. The average molecular weight is 335 g/mol. The van der Waals surface area contributed by atoms with Crippen molar-refractivity contribution in [1.82, 2.24) is 5.32 Å². The molecule has 1 amide bonds. The molecule has 1 aromatic heterocycles. The molecular weight excluding hydrogens is 318 g/mol. The fourth-order valence-corrected chi connectivity index (χ4v) is 3.02. The molecule has 0 aliphatic rings. The minimum atomic E-state index is -0.788. The van der Waals surface area contributed by atoms with Crippen molar-refractivity contribution >= 4 is 35.0 Å². The Labute approximate surface area is 137 Å². The summed E-state index contributed by atoms with van der Waals surface area (Å²) in [6.45, 7) is 2.03. The fourth-order valence-electron chi connectivity index (χ4n) is 1.67. The Hall–Kier alpha value is -1.79. The normalized spacial score (nSPS) is 11.7. The molecule has 0 radical (unpaired) electrons. The molecule has 0 aliphatic heterocycles. The standard InChI is InChI=1S/C16H17NO3S2/c1-12(16(19)17-10-14-8-5-9-21-14)20-15(18)11-22-13-6-3-2-4-7-13/h2-9,12H,10-11H2,1H3,(H,17,19)/t12-/m0/s1. The highest BCUT2D eigenvalue weighted by Crippen LogP contribution is 2.17. The number of thioether (sulfide) groups is 1. The number of carbonyl (C=O) groups excluding carboxylic acids is 2. The number of rotatable bonds is 7. The van der Waals surface area contributed by atoms with Crippen LogP contribution in [0.4, 0.5) is 0 Å². The van der Waals surface area contributed by atoms with Gasteiger partial charge in [0.2, 0.25) is 0 Å². The van der Waals surface area contributed by atoms with E-state index in [0.717, 1.165) is 9.77 Å². The molecule has 0 fully saturated rings. The van der Waals surface area contributed by atoms with Gasteiger partial charge in [-0.2, -0.15) is 0 Å². The molecule has 0 bridgehead atoms. The number of ether oxygens (including phenoxy) is 1. The maximum Gasteiger partial charge on any atom is 0.317 e. The summed E-state index contributed by atoms with van der Waals surface area (Å²) in [7, 11) is 0. The van der Waals surface area contributed by atoms with Gasteiger partial charge in [-0.3, -0.25) is 9.59 Å². The summed E-state index contributed by atoms with van der Waals surface area (Å²) in [5, 5.41) is 4.70. The summed E-state index contributed by atoms with van der Waals surface area (Å²) in [6, 6.07) is 13.5. The first-order chi connectivity index (χ1) is 10.6. The van der Waals surface area contributed by atoms with E-state index in [1.165, 1.54) is 11.8 Å². The van der Waals surface area contributed by atoms with Gasteiger partial charge in [-0.25, -0.2) is 0 Å². The second-order valence-corrected chi connectivity index (χ2v) is 6.61. The van der Waals surface area contributed by atoms with Crippen LogP contribution >= 0.6 is 23.1 Å². The van der Waals surface area contributed by atoms with Gasteiger partial charge in [-0.15, -0.1) is 23.1 Å². The molecule has 2 aromatic rings. The van der Waals surface area contributed by atoms with Crippen molar-refractivity contribution in [3.05, 3.63) is 52.7 Å². The van der Waals surface area contributed by atoms with Crippen molar-refractivity contribution in [2.75, 3.05) is 5.75 Å². The Bertz CT molecular complexity index is 599. The quantitative estimate of drug-likeness (QED) is 0.624. The first-order valence-corrected chi connectivity index (χ1v) is 8.69. The second kappa shape index (κ2) is 8.60. The molecule has 1 atom stereocenters. The van der Waals surface area contributed by atoms with Crippen LogP contribution in [0.15, 0.2) is 52.7 Å². The van der Waals surface area contributed by atoms with Crippen molar-refractivity contribution in [2.24, 2.45) is 0 Å². The predicted octanol–water partition coefficient (Wildman–Crippen LogP) is 3.09. The van der Waals surface area contributed by atoms with Gasteiger partial charge in [-0.05, 0) is 30.5 Å². The Morgan fingerprint density at radius 2 is 2.00 bits per heavy atom. The van der Waals surface area contributed by atoms with Crippen LogP contribution in [0, 0.1) is 0 Å². The van der Waals surface area contributed by atoms with Gasteiger partial charge in [-0.1, -0.05) is 24.3 Å². The molecule has 0 spiro atoms. The van der Waals surface area contributed by atoms with Crippen LogP contribution in [0.5, 0.6) is 0 Å². The maximum absolute atomic E-state index is 11.9. The second-order valence-electron chi connectivity index (χ2n) is 4.53. The van der Waals surface area contributed by atoms with Gasteiger partial charge in [0.1, 0.15) is 0 Å². The smallest absolute Gasteiger partial charge is 0.317 e. The van der Waals surface area contributed by atoms with Crippen molar-refractivity contribution in [3.63, 3.8) is 0 Å². The molecule has 6 heteroatoms. The third kappa shape index (κ3) is 5.54. The lowest BCUT2D eigenvalue weighted by Gasteiger charge is -2.13. The molecule has 1 N–H and O–H groups in total. The van der Waals surface area contributed by atoms with Crippen molar-refractivity contribution in [3.8, 4) is 0 Å². The molecule has 0 saturated carbocycles. The molecule has 1 aromatic carbocycles. The molecule has 22 heavy (non-hydrogen) atoms. The lowest BCUT2D eigenvalue weighted by Crippen LogP contribution is -2.35. The van der Waals surface area contributed by atoms with Gasteiger partial charge in [0.15, 0.2) is 6.10 Å². The Morgan fingerprint density at radius 1 is 1.23 bits per heavy atom. The number of thiophene rings is 1. The van der Waals surface area contributed by atoms with Crippen LogP contribution in [-0.4, -0.2) is 23.7 Å². The van der Waals surface area contributed by atoms with Gasteiger partial charge in [0.25, 0.3) is 5.91 Å². The van der Waals surface area contributed by atoms with Gasteiger partial charge >= 0.3 is 5.97 Å². The van der Waals surface area contributed by atoms with Crippen molar-refractivity contribution in [2.45, 2.75) is 24.5 Å². The largest absolute Gasteiger partial charge is 0.452 e. The van der Waals surface area contributed by atoms with Crippen molar-refractivity contribution in [1.29, 1.82) is 0 Å². The van der Waals surface area contributed by atoms with E-state index in [1.54, 1.807) is 18.3 Å². The zero-order valence-corrected chi connectivity index (χ0v) is 13.8. The lowest BCUT2D eigenvalue weighted by atomic mass is 10.3. The first kappa shape index (κ1) is 16.6. The summed E-state index contributed by atoms with van der Waals surface area (Å²) >= 11 is 2.96. The molecule has 2 rings (SSSR count). The van der Waals surface area contributed by atoms with Gasteiger partial charge < -0.3 is 10.1 Å². The number of benzene rings is 1. The van der Waals surface area contributed by atoms with E-state index in [-0.39, 0.29) is 11.7 Å². The minimum Gasteiger partial charge on any atom is -0.452 e. The SMILES string of the molecule is C[C@H](OC(=O)CSc1ccccc1)C(=O)NCc1cccs1. The Morgan fingerprint density at radius 3 is 2.68 bits per heavy atom. The predicted molar refractivity (Wildman–Crippen MR) is 88.9 cm³/mol. The van der Waals surface area contributed by atoms with E-state index < -0.39 is 12.1 Å². The highest BCUT2D eigenvalue weighted by molar-refractivity contribution is 8.00. The topological polar surface area (TPSA) is 55.4 Å². The number of hydrogen-bond acceptors (Lipinski definition) is 5. The molecule has 1 heterocycles. The van der Waals surface area contributed by atoms with E-state index in [1.807, 2.05) is 47.8 Å². The number of nitrogens with one attached hydrogen (secondary N) is 1. The van der Waals surface area contributed by atoms with E-state index in [2.05, 4.69) is 5.32 Å². The zero-order chi connectivity index (χ0) is 15.8. The fraction of sp³-hybridized carbons (Fsp3) is 0.250. The number of hydrogen-bond donors (Lipinski definition) is 1. The van der Waals surface area contributed by atoms with Crippen LogP contribution in [-0.2, 0) is 20.9 Å². The highest BCUT2D eigenvalue weighted by Gasteiger charge is 2.17. The number of esters is 1. The Kier molecular flexibility index (Phi) is 6.48. The summed E-state index contributed by atoms with van der Waals surface area (Å²) in [6.07, 6.45) is -0.788. The van der Waals surface area contributed by atoms with Crippen LogP contribution in [0.25, 0.3) is 0 Å². The monoisotopic (exact) mass is 335 g/mol. The van der Waals surface area contributed by atoms with Crippen molar-refractivity contribution < 1.29 is 14.3 Å². The zero-order valence-electron chi connectivity index (χ0n) is 12.2. The summed E-state index contributed by atoms with van der Waals surface area (Å²) < 4.78 is 5.14. The molecule has 0 saturated heterocycles. The average Bonchev–Trinajstić information content (AvgIpc) is 3.05. The van der Waals surface area contributed by atoms with Crippen LogP contribution in [0.3, 0.4) is 0 Å². The summed E-state index contributed by atoms with van der Waals surface area (Å²) in [5.74, 6) is -0.494. The molecular formula is C16H17NO3S2.